The van der Waals surface area contributed by atoms with Gasteiger partial charge in [0.05, 0.1) is 12.2 Å². The van der Waals surface area contributed by atoms with Crippen LogP contribution in [0.25, 0.3) is 0 Å². The highest BCUT2D eigenvalue weighted by molar-refractivity contribution is 6.30. The molecule has 1 atom stereocenters. The lowest BCUT2D eigenvalue weighted by atomic mass is 9.80. The molecule has 1 aliphatic heterocycles. The zero-order valence-electron chi connectivity index (χ0n) is 11.1. The summed E-state index contributed by atoms with van der Waals surface area (Å²) < 4.78 is 0. The number of likely N-dealkylation sites (tertiary alicyclic amines) is 1. The summed E-state index contributed by atoms with van der Waals surface area (Å²) in [7, 11) is 0. The summed E-state index contributed by atoms with van der Waals surface area (Å²) >= 11 is 5.92. The number of carbonyl (C=O) groups excluding carboxylic acids is 1. The molecule has 1 saturated heterocycles. The first-order chi connectivity index (χ1) is 8.36. The Labute approximate surface area is 113 Å². The minimum absolute atomic E-state index is 0.173. The molecule has 3 nitrogen and oxygen atoms in total. The van der Waals surface area contributed by atoms with Gasteiger partial charge in [-0.05, 0) is 23.5 Å². The van der Waals surface area contributed by atoms with Crippen LogP contribution in [0.2, 0.25) is 5.02 Å². The average molecular weight is 267 g/mol. The first-order valence-corrected chi connectivity index (χ1v) is 6.62. The highest BCUT2D eigenvalue weighted by Crippen LogP contribution is 2.34. The fourth-order valence-electron chi connectivity index (χ4n) is 2.24. The molecular formula is C14H19ClN2O. The van der Waals surface area contributed by atoms with Gasteiger partial charge < -0.3 is 4.90 Å². The number of hydrogen-bond donors (Lipinski definition) is 0. The molecule has 1 aromatic rings. The Morgan fingerprint density at radius 3 is 2.78 bits per heavy atom. The quantitative estimate of drug-likeness (QED) is 0.824. The maximum Gasteiger partial charge on any atom is 0.223 e. The zero-order chi connectivity index (χ0) is 13.3. The number of rotatable bonds is 2. The van der Waals surface area contributed by atoms with Gasteiger partial charge in [0.2, 0.25) is 5.91 Å². The van der Waals surface area contributed by atoms with Crippen LogP contribution in [0.4, 0.5) is 0 Å². The number of halogens is 1. The molecule has 0 aliphatic carbocycles. The van der Waals surface area contributed by atoms with Crippen LogP contribution in [0.3, 0.4) is 0 Å². The number of carbonyl (C=O) groups is 1. The molecule has 1 fully saturated rings. The second kappa shape index (κ2) is 4.88. The molecule has 0 spiro atoms. The van der Waals surface area contributed by atoms with Crippen molar-refractivity contribution in [1.29, 1.82) is 0 Å². The van der Waals surface area contributed by atoms with E-state index in [0.29, 0.717) is 23.9 Å². The van der Waals surface area contributed by atoms with Crippen molar-refractivity contribution in [1.82, 2.24) is 9.88 Å². The average Bonchev–Trinajstić information content (AvgIpc) is 2.60. The van der Waals surface area contributed by atoms with Gasteiger partial charge in [-0.25, -0.2) is 0 Å². The summed E-state index contributed by atoms with van der Waals surface area (Å²) in [5.74, 6) is 0.640. The van der Waals surface area contributed by atoms with Crippen LogP contribution in [0.1, 0.15) is 32.9 Å². The van der Waals surface area contributed by atoms with Crippen LogP contribution in [-0.4, -0.2) is 22.3 Å². The van der Waals surface area contributed by atoms with Gasteiger partial charge in [-0.3, -0.25) is 9.78 Å². The second-order valence-corrected chi connectivity index (χ2v) is 6.44. The van der Waals surface area contributed by atoms with Crippen LogP contribution in [0.5, 0.6) is 0 Å². The third-order valence-corrected chi connectivity index (χ3v) is 3.81. The number of aromatic nitrogens is 1. The van der Waals surface area contributed by atoms with Crippen molar-refractivity contribution in [2.75, 3.05) is 6.54 Å². The molecule has 1 aliphatic rings. The highest BCUT2D eigenvalue weighted by Gasteiger charge is 2.36. The Balaban J connectivity index is 2.05. The minimum atomic E-state index is 0.173. The van der Waals surface area contributed by atoms with Crippen LogP contribution in [0, 0.1) is 11.3 Å². The summed E-state index contributed by atoms with van der Waals surface area (Å²) in [6.07, 6.45) is 2.32. The molecule has 98 valence electrons. The van der Waals surface area contributed by atoms with Gasteiger partial charge in [0.1, 0.15) is 0 Å². The van der Waals surface area contributed by atoms with Gasteiger partial charge in [-0.2, -0.15) is 0 Å². The molecule has 1 aromatic heterocycles. The summed E-state index contributed by atoms with van der Waals surface area (Å²) in [4.78, 5) is 18.1. The van der Waals surface area contributed by atoms with Crippen molar-refractivity contribution in [3.8, 4) is 0 Å². The summed E-state index contributed by atoms with van der Waals surface area (Å²) in [6, 6.07) is 3.56. The molecule has 4 heteroatoms. The minimum Gasteiger partial charge on any atom is -0.336 e. The first-order valence-electron chi connectivity index (χ1n) is 6.24. The van der Waals surface area contributed by atoms with E-state index in [0.717, 1.165) is 12.2 Å². The third-order valence-electron chi connectivity index (χ3n) is 3.57. The second-order valence-electron chi connectivity index (χ2n) is 6.01. The predicted octanol–water partition coefficient (Wildman–Crippen LogP) is 3.13. The van der Waals surface area contributed by atoms with E-state index in [1.54, 1.807) is 12.3 Å². The van der Waals surface area contributed by atoms with E-state index in [-0.39, 0.29) is 11.3 Å². The van der Waals surface area contributed by atoms with Crippen molar-refractivity contribution in [2.24, 2.45) is 11.3 Å². The van der Waals surface area contributed by atoms with E-state index in [9.17, 15) is 4.79 Å². The number of amides is 1. The van der Waals surface area contributed by atoms with Crippen LogP contribution >= 0.6 is 11.6 Å². The van der Waals surface area contributed by atoms with E-state index < -0.39 is 0 Å². The fraction of sp³-hybridized carbons (Fsp3) is 0.571. The summed E-state index contributed by atoms with van der Waals surface area (Å²) in [5.41, 5.74) is 1.03. The third kappa shape index (κ3) is 3.02. The Morgan fingerprint density at radius 1 is 1.50 bits per heavy atom. The first kappa shape index (κ1) is 13.3. The molecule has 0 N–H and O–H groups in total. The van der Waals surface area contributed by atoms with E-state index in [1.165, 1.54) is 0 Å². The molecule has 1 amide bonds. The topological polar surface area (TPSA) is 33.2 Å². The largest absolute Gasteiger partial charge is 0.336 e. The Bertz CT molecular complexity index is 453. The van der Waals surface area contributed by atoms with E-state index >= 15 is 0 Å². The highest BCUT2D eigenvalue weighted by atomic mass is 35.5. The van der Waals surface area contributed by atoms with Gasteiger partial charge in [0.15, 0.2) is 0 Å². The zero-order valence-corrected chi connectivity index (χ0v) is 11.9. The number of pyridine rings is 1. The lowest BCUT2D eigenvalue weighted by molar-refractivity contribution is -0.128. The van der Waals surface area contributed by atoms with Gasteiger partial charge >= 0.3 is 0 Å². The molecular weight excluding hydrogens is 248 g/mol. The molecule has 0 radical (unpaired) electrons. The molecule has 0 aromatic carbocycles. The molecule has 0 bridgehead atoms. The van der Waals surface area contributed by atoms with Crippen molar-refractivity contribution in [2.45, 2.75) is 33.7 Å². The monoisotopic (exact) mass is 266 g/mol. The smallest absolute Gasteiger partial charge is 0.223 e. The summed E-state index contributed by atoms with van der Waals surface area (Å²) in [5, 5.41) is 0.666. The maximum absolute atomic E-state index is 12.0. The maximum atomic E-state index is 12.0. The van der Waals surface area contributed by atoms with Crippen LogP contribution in [-0.2, 0) is 11.3 Å². The van der Waals surface area contributed by atoms with Crippen LogP contribution < -0.4 is 0 Å². The normalized spacial score (nSPS) is 20.6. The number of nitrogens with zero attached hydrogens (tertiary/aromatic N) is 2. The molecule has 2 heterocycles. The summed E-state index contributed by atoms with van der Waals surface area (Å²) in [6.45, 7) is 7.94. The molecule has 18 heavy (non-hydrogen) atoms. The number of hydrogen-bond acceptors (Lipinski definition) is 2. The Kier molecular flexibility index (Phi) is 3.62. The molecule has 0 saturated carbocycles. The fourth-order valence-corrected chi connectivity index (χ4v) is 2.42. The predicted molar refractivity (Wildman–Crippen MR) is 72.2 cm³/mol. The van der Waals surface area contributed by atoms with Crippen molar-refractivity contribution in [3.05, 3.63) is 29.0 Å². The van der Waals surface area contributed by atoms with E-state index in [2.05, 4.69) is 25.8 Å². The van der Waals surface area contributed by atoms with Gasteiger partial charge in [-0.1, -0.05) is 32.4 Å². The van der Waals surface area contributed by atoms with E-state index in [1.807, 2.05) is 11.0 Å². The van der Waals surface area contributed by atoms with Gasteiger partial charge in [-0.15, -0.1) is 0 Å². The SMILES string of the molecule is CC(C)(C)C1CC(=O)N(Cc2cc(Cl)ccn2)C1. The molecule has 2 rings (SSSR count). The van der Waals surface area contributed by atoms with Crippen molar-refractivity contribution < 1.29 is 4.79 Å². The Morgan fingerprint density at radius 2 is 2.22 bits per heavy atom. The lowest BCUT2D eigenvalue weighted by Crippen LogP contribution is -2.27. The Hall–Kier alpha value is -1.09. The van der Waals surface area contributed by atoms with E-state index in [4.69, 9.17) is 11.6 Å². The standard InChI is InChI=1S/C14H19ClN2O/c1-14(2,3)10-6-13(18)17(8-10)9-12-7-11(15)4-5-16-12/h4-5,7,10H,6,8-9H2,1-3H3. The van der Waals surface area contributed by atoms with Crippen molar-refractivity contribution >= 4 is 17.5 Å². The van der Waals surface area contributed by atoms with Gasteiger partial charge in [0, 0.05) is 24.2 Å². The lowest BCUT2D eigenvalue weighted by Gasteiger charge is -2.26. The van der Waals surface area contributed by atoms with Crippen molar-refractivity contribution in [3.63, 3.8) is 0 Å². The van der Waals surface area contributed by atoms with Gasteiger partial charge in [0.25, 0.3) is 0 Å². The van der Waals surface area contributed by atoms with Crippen LogP contribution in [0.15, 0.2) is 18.3 Å². The molecule has 1 unspecified atom stereocenters.